The first-order valence-corrected chi connectivity index (χ1v) is 8.82. The van der Waals surface area contributed by atoms with Crippen molar-refractivity contribution in [1.29, 1.82) is 0 Å². The molecule has 3 rings (SSSR count). The van der Waals surface area contributed by atoms with Crippen LogP contribution < -0.4 is 0 Å². The minimum absolute atomic E-state index is 0.198. The van der Waals surface area contributed by atoms with Gasteiger partial charge in [-0.05, 0) is 19.1 Å². The third-order valence-corrected chi connectivity index (χ3v) is 5.98. The van der Waals surface area contributed by atoms with E-state index in [0.717, 1.165) is 10.7 Å². The minimum atomic E-state index is -3.59. The van der Waals surface area contributed by atoms with Crippen molar-refractivity contribution < 1.29 is 13.2 Å². The van der Waals surface area contributed by atoms with Gasteiger partial charge >= 0.3 is 0 Å². The van der Waals surface area contributed by atoms with Crippen LogP contribution in [0.4, 0.5) is 0 Å². The summed E-state index contributed by atoms with van der Waals surface area (Å²) in [6.07, 6.45) is 2.92. The van der Waals surface area contributed by atoms with E-state index < -0.39 is 10.0 Å². The lowest BCUT2D eigenvalue weighted by Crippen LogP contribution is -2.43. The predicted molar refractivity (Wildman–Crippen MR) is 78.5 cm³/mol. The van der Waals surface area contributed by atoms with Gasteiger partial charge in [-0.3, -0.25) is 4.98 Å². The number of aromatic nitrogens is 2. The highest BCUT2D eigenvalue weighted by Gasteiger charge is 2.36. The monoisotopic (exact) mass is 325 g/mol. The van der Waals surface area contributed by atoms with Gasteiger partial charge in [-0.1, -0.05) is 0 Å². The Balaban J connectivity index is 1.98. The van der Waals surface area contributed by atoms with E-state index in [0.29, 0.717) is 19.8 Å². The number of hydrogen-bond donors (Lipinski definition) is 0. The molecule has 6 nitrogen and oxygen atoms in total. The molecule has 0 unspecified atom stereocenters. The smallest absolute Gasteiger partial charge is 0.245 e. The fourth-order valence-electron chi connectivity index (χ4n) is 2.28. The minimum Gasteiger partial charge on any atom is -0.378 e. The van der Waals surface area contributed by atoms with E-state index in [9.17, 15) is 8.42 Å². The van der Waals surface area contributed by atoms with Gasteiger partial charge in [0.1, 0.15) is 4.90 Å². The van der Waals surface area contributed by atoms with E-state index in [1.165, 1.54) is 21.8 Å². The molecule has 1 saturated heterocycles. The van der Waals surface area contributed by atoms with E-state index in [-0.39, 0.29) is 10.9 Å². The summed E-state index contributed by atoms with van der Waals surface area (Å²) in [5, 5.41) is 2.80. The molecule has 0 aliphatic carbocycles. The van der Waals surface area contributed by atoms with Gasteiger partial charge in [-0.2, -0.15) is 4.31 Å². The molecule has 112 valence electrons. The molecule has 8 heteroatoms. The predicted octanol–water partition coefficient (Wildman–Crippen LogP) is 1.61. The molecule has 0 aromatic carbocycles. The zero-order valence-corrected chi connectivity index (χ0v) is 13.1. The van der Waals surface area contributed by atoms with Crippen molar-refractivity contribution in [3.8, 4) is 0 Å². The van der Waals surface area contributed by atoms with Crippen molar-refractivity contribution in [2.45, 2.75) is 17.9 Å². The van der Waals surface area contributed by atoms with Gasteiger partial charge in [0.15, 0.2) is 0 Å². The van der Waals surface area contributed by atoms with Crippen molar-refractivity contribution in [3.05, 3.63) is 40.6 Å². The van der Waals surface area contributed by atoms with Crippen molar-refractivity contribution in [3.63, 3.8) is 0 Å². The lowest BCUT2D eigenvalue weighted by molar-refractivity contribution is 0.0307. The number of rotatable bonds is 3. The topological polar surface area (TPSA) is 72.4 Å². The number of hydrogen-bond acceptors (Lipinski definition) is 6. The SMILES string of the molecule is Cc1nc([C@H]2COCCN2S(=O)(=O)c2cccnc2)cs1. The van der Waals surface area contributed by atoms with E-state index >= 15 is 0 Å². The van der Waals surface area contributed by atoms with Crippen LogP contribution in [0, 0.1) is 6.92 Å². The van der Waals surface area contributed by atoms with Crippen molar-refractivity contribution in [2.75, 3.05) is 19.8 Å². The molecule has 1 aliphatic rings. The number of pyridine rings is 1. The van der Waals surface area contributed by atoms with Crippen LogP contribution in [0.5, 0.6) is 0 Å². The first-order valence-electron chi connectivity index (χ1n) is 6.50. The summed E-state index contributed by atoms with van der Waals surface area (Å²) in [6, 6.07) is 2.80. The lowest BCUT2D eigenvalue weighted by atomic mass is 10.2. The zero-order valence-electron chi connectivity index (χ0n) is 11.5. The third-order valence-electron chi connectivity index (χ3n) is 3.30. The number of sulfonamides is 1. The van der Waals surface area contributed by atoms with Crippen LogP contribution in [-0.2, 0) is 14.8 Å². The van der Waals surface area contributed by atoms with Crippen LogP contribution >= 0.6 is 11.3 Å². The van der Waals surface area contributed by atoms with Crippen molar-refractivity contribution in [1.82, 2.24) is 14.3 Å². The second kappa shape index (κ2) is 5.80. The molecular formula is C13H15N3O3S2. The van der Waals surface area contributed by atoms with E-state index in [2.05, 4.69) is 9.97 Å². The summed E-state index contributed by atoms with van der Waals surface area (Å²) < 4.78 is 32.5. The second-order valence-corrected chi connectivity index (χ2v) is 7.64. The maximum atomic E-state index is 12.8. The summed E-state index contributed by atoms with van der Waals surface area (Å²) in [5.74, 6) is 0. The van der Waals surface area contributed by atoms with Gasteiger partial charge in [-0.15, -0.1) is 11.3 Å². The Kier molecular flexibility index (Phi) is 4.03. The Labute approximate surface area is 127 Å². The zero-order chi connectivity index (χ0) is 14.9. The van der Waals surface area contributed by atoms with Gasteiger partial charge in [0.25, 0.3) is 0 Å². The van der Waals surface area contributed by atoms with Gasteiger partial charge in [0.2, 0.25) is 10.0 Å². The number of morpholine rings is 1. The average molecular weight is 325 g/mol. The van der Waals surface area contributed by atoms with Gasteiger partial charge in [0, 0.05) is 24.3 Å². The molecule has 0 radical (unpaired) electrons. The molecule has 0 saturated carbocycles. The number of nitrogens with zero attached hydrogens (tertiary/aromatic N) is 3. The van der Waals surface area contributed by atoms with Crippen LogP contribution in [0.1, 0.15) is 16.7 Å². The standard InChI is InChI=1S/C13H15N3O3S2/c1-10-15-12(9-20-10)13-8-19-6-5-16(13)21(17,18)11-3-2-4-14-7-11/h2-4,7,9,13H,5-6,8H2,1H3/t13-/m1/s1. The molecule has 0 spiro atoms. The van der Waals surface area contributed by atoms with Gasteiger partial charge in [0.05, 0.1) is 30.0 Å². The Morgan fingerprint density at radius 3 is 3.00 bits per heavy atom. The number of ether oxygens (including phenoxy) is 1. The molecular weight excluding hydrogens is 310 g/mol. The molecule has 1 fully saturated rings. The molecule has 2 aromatic heterocycles. The highest BCUT2D eigenvalue weighted by atomic mass is 32.2. The Hall–Kier alpha value is -1.35. The summed E-state index contributed by atoms with van der Waals surface area (Å²) >= 11 is 1.51. The Morgan fingerprint density at radius 1 is 1.48 bits per heavy atom. The van der Waals surface area contributed by atoms with E-state index in [4.69, 9.17) is 4.74 Å². The normalized spacial score (nSPS) is 20.5. The third kappa shape index (κ3) is 2.84. The number of aryl methyl sites for hydroxylation is 1. The molecule has 0 amide bonds. The highest BCUT2D eigenvalue weighted by Crippen LogP contribution is 2.30. The Bertz CT molecular complexity index is 715. The first-order chi connectivity index (χ1) is 10.1. The highest BCUT2D eigenvalue weighted by molar-refractivity contribution is 7.89. The molecule has 0 N–H and O–H groups in total. The molecule has 21 heavy (non-hydrogen) atoms. The molecule has 1 atom stereocenters. The summed E-state index contributed by atoms with van der Waals surface area (Å²) in [5.41, 5.74) is 0.740. The van der Waals surface area contributed by atoms with Gasteiger partial charge < -0.3 is 4.74 Å². The number of thiazole rings is 1. The van der Waals surface area contributed by atoms with E-state index in [1.807, 2.05) is 12.3 Å². The average Bonchev–Trinajstić information content (AvgIpc) is 2.95. The van der Waals surface area contributed by atoms with Crippen LogP contribution in [0.2, 0.25) is 0 Å². The first kappa shape index (κ1) is 14.6. The van der Waals surface area contributed by atoms with Gasteiger partial charge in [-0.25, -0.2) is 13.4 Å². The fraction of sp³-hybridized carbons (Fsp3) is 0.385. The van der Waals surface area contributed by atoms with E-state index in [1.54, 1.807) is 18.3 Å². The summed E-state index contributed by atoms with van der Waals surface area (Å²) in [6.45, 7) is 2.93. The molecule has 2 aromatic rings. The van der Waals surface area contributed by atoms with Crippen LogP contribution in [0.3, 0.4) is 0 Å². The van der Waals surface area contributed by atoms with Crippen LogP contribution in [0.25, 0.3) is 0 Å². The summed E-state index contributed by atoms with van der Waals surface area (Å²) in [4.78, 5) is 8.50. The quantitative estimate of drug-likeness (QED) is 0.857. The van der Waals surface area contributed by atoms with Crippen molar-refractivity contribution >= 4 is 21.4 Å². The van der Waals surface area contributed by atoms with Crippen molar-refractivity contribution in [2.24, 2.45) is 0 Å². The van der Waals surface area contributed by atoms with Crippen LogP contribution in [-0.4, -0.2) is 42.4 Å². The summed E-state index contributed by atoms with van der Waals surface area (Å²) in [7, 11) is -3.59. The molecule has 0 bridgehead atoms. The van der Waals surface area contributed by atoms with Crippen LogP contribution in [0.15, 0.2) is 34.8 Å². The maximum absolute atomic E-state index is 12.8. The maximum Gasteiger partial charge on any atom is 0.245 e. The largest absolute Gasteiger partial charge is 0.378 e. The second-order valence-electron chi connectivity index (χ2n) is 4.69. The Morgan fingerprint density at radius 2 is 2.33 bits per heavy atom. The fourth-order valence-corrected chi connectivity index (χ4v) is 4.47. The molecule has 1 aliphatic heterocycles. The molecule has 3 heterocycles. The lowest BCUT2D eigenvalue weighted by Gasteiger charge is -2.33.